The lowest BCUT2D eigenvalue weighted by Crippen LogP contribution is -2.60. The van der Waals surface area contributed by atoms with Gasteiger partial charge in [-0.15, -0.1) is 0 Å². The van der Waals surface area contributed by atoms with Crippen LogP contribution < -0.4 is 49.9 Å². The van der Waals surface area contributed by atoms with Crippen LogP contribution in [0, 0.1) is 0 Å². The molecule has 294 valence electrons. The van der Waals surface area contributed by atoms with E-state index < -0.39 is 91.3 Å². The predicted octanol–water partition coefficient (Wildman–Crippen LogP) is -4.15. The first-order valence-corrected chi connectivity index (χ1v) is 17.4. The molecular weight excluding hydrogens is 680 g/mol. The van der Waals surface area contributed by atoms with Crippen molar-refractivity contribution in [1.82, 2.24) is 26.2 Å². The minimum absolute atomic E-state index is 0.00283. The van der Waals surface area contributed by atoms with E-state index in [2.05, 4.69) is 21.3 Å². The topological polar surface area (TPSA) is 345 Å². The molecule has 0 bridgehead atoms. The van der Waals surface area contributed by atoms with Gasteiger partial charge in [0.25, 0.3) is 5.91 Å². The van der Waals surface area contributed by atoms with Crippen molar-refractivity contribution in [1.29, 1.82) is 0 Å². The number of rotatable bonds is 27. The largest absolute Gasteiger partial charge is 0.480 e. The van der Waals surface area contributed by atoms with Crippen molar-refractivity contribution in [3.63, 3.8) is 0 Å². The third kappa shape index (κ3) is 17.4. The molecule has 1 aromatic carbocycles. The minimum Gasteiger partial charge on any atom is -0.480 e. The molecule has 19 nitrogen and oxygen atoms in total. The fraction of sp³-hybridized carbons (Fsp3) is 0.636. The summed E-state index contributed by atoms with van der Waals surface area (Å²) in [4.78, 5) is 77.0. The first-order valence-electron chi connectivity index (χ1n) is 17.4. The van der Waals surface area contributed by atoms with Gasteiger partial charge in [0.05, 0.1) is 31.4 Å². The molecule has 0 saturated carbocycles. The van der Waals surface area contributed by atoms with E-state index in [0.717, 1.165) is 19.4 Å². The number of carbonyl (C=O) groups excluding carboxylic acids is 5. The zero-order valence-corrected chi connectivity index (χ0v) is 29.6. The molecule has 0 aromatic heterocycles. The van der Waals surface area contributed by atoms with Crippen LogP contribution in [0.5, 0.6) is 0 Å². The quantitative estimate of drug-likeness (QED) is 0.0301. The second-order valence-corrected chi connectivity index (χ2v) is 12.3. The van der Waals surface area contributed by atoms with E-state index in [1.54, 1.807) is 30.3 Å². The Morgan fingerprint density at radius 1 is 0.731 bits per heavy atom. The standard InChI is InChI=1S/C33H58N10O9/c34-12-4-5-13-39-14-7-15-40-29(47)20-41-28(46)16-26(44)23(37)10-6-11-24(33(51)52)43(30(48)17-27(38)45)25(19-36)32(50)42-31(49)22(18-35)21-8-2-1-3-9-21/h1-3,8-9,22-27,39,44-45H,4-7,10-20,34-38H2,(H,40,47)(H,41,46)(H,51,52)(H,42,49,50)/t22-,23+,24-,25+,26-,27+/m1/s1. The highest BCUT2D eigenvalue weighted by Gasteiger charge is 2.39. The van der Waals surface area contributed by atoms with Gasteiger partial charge in [-0.05, 0) is 63.7 Å². The van der Waals surface area contributed by atoms with Crippen LogP contribution in [0.4, 0.5) is 0 Å². The minimum atomic E-state index is -1.69. The highest BCUT2D eigenvalue weighted by atomic mass is 16.4. The average Bonchev–Trinajstić information content (AvgIpc) is 3.09. The first-order chi connectivity index (χ1) is 24.8. The van der Waals surface area contributed by atoms with E-state index >= 15 is 0 Å². The fourth-order valence-electron chi connectivity index (χ4n) is 5.30. The highest BCUT2D eigenvalue weighted by Crippen LogP contribution is 2.19. The van der Waals surface area contributed by atoms with Gasteiger partial charge in [-0.3, -0.25) is 29.3 Å². The van der Waals surface area contributed by atoms with Crippen molar-refractivity contribution in [2.24, 2.45) is 28.7 Å². The van der Waals surface area contributed by atoms with E-state index in [0.29, 0.717) is 36.5 Å². The molecule has 6 atom stereocenters. The number of imide groups is 1. The SMILES string of the molecule is NCCCCNCCCNC(=O)CNC(=O)C[C@@H](O)[C@@H](N)CCC[C@H](C(=O)O)N(C(=O)C[C@@H](N)O)[C@@H](CN)C(=O)NC(=O)[C@H](CN)c1ccccc1. The normalized spacial score (nSPS) is 14.6. The van der Waals surface area contributed by atoms with Crippen LogP contribution in [0.3, 0.4) is 0 Å². The van der Waals surface area contributed by atoms with E-state index in [1.165, 1.54) is 0 Å². The number of carboxylic acid groups (broad SMARTS) is 1. The van der Waals surface area contributed by atoms with Crippen molar-refractivity contribution in [3.8, 4) is 0 Å². The number of aliphatic hydroxyl groups is 2. The monoisotopic (exact) mass is 738 g/mol. The molecule has 0 aliphatic heterocycles. The summed E-state index contributed by atoms with van der Waals surface area (Å²) < 4.78 is 0. The van der Waals surface area contributed by atoms with E-state index in [1.807, 2.05) is 0 Å². The van der Waals surface area contributed by atoms with Crippen molar-refractivity contribution >= 4 is 35.5 Å². The number of aliphatic carboxylic acids is 1. The van der Waals surface area contributed by atoms with Crippen molar-refractivity contribution < 1.29 is 44.1 Å². The number of hydrogen-bond donors (Lipinski definition) is 12. The van der Waals surface area contributed by atoms with Crippen molar-refractivity contribution in [2.45, 2.75) is 87.7 Å². The Hall–Kier alpha value is -4.08. The van der Waals surface area contributed by atoms with E-state index in [9.17, 15) is 44.1 Å². The number of aliphatic hydroxyl groups excluding tert-OH is 2. The maximum atomic E-state index is 13.3. The maximum absolute atomic E-state index is 13.3. The Kier molecular flexibility index (Phi) is 22.8. The number of hydrogen-bond acceptors (Lipinski definition) is 14. The van der Waals surface area contributed by atoms with Gasteiger partial charge in [-0.2, -0.15) is 0 Å². The molecule has 19 heteroatoms. The van der Waals surface area contributed by atoms with Gasteiger partial charge in [0, 0.05) is 25.7 Å². The molecular formula is C33H58N10O9. The van der Waals surface area contributed by atoms with Crippen LogP contribution in [0.25, 0.3) is 0 Å². The van der Waals surface area contributed by atoms with Crippen LogP contribution in [-0.4, -0.2) is 132 Å². The van der Waals surface area contributed by atoms with Gasteiger partial charge < -0.3 is 64.8 Å². The lowest BCUT2D eigenvalue weighted by molar-refractivity contribution is -0.156. The zero-order chi connectivity index (χ0) is 39.1. The third-order valence-corrected chi connectivity index (χ3v) is 8.16. The lowest BCUT2D eigenvalue weighted by Gasteiger charge is -2.35. The Balaban J connectivity index is 2.78. The van der Waals surface area contributed by atoms with Crippen LogP contribution in [0.15, 0.2) is 30.3 Å². The molecule has 52 heavy (non-hydrogen) atoms. The smallest absolute Gasteiger partial charge is 0.326 e. The Morgan fingerprint density at radius 2 is 1.40 bits per heavy atom. The molecule has 0 radical (unpaired) electrons. The summed E-state index contributed by atoms with van der Waals surface area (Å²) in [5.41, 5.74) is 29.0. The summed E-state index contributed by atoms with van der Waals surface area (Å²) in [6, 6.07) is 4.04. The molecule has 0 heterocycles. The number of nitrogens with one attached hydrogen (secondary N) is 4. The van der Waals surface area contributed by atoms with Crippen molar-refractivity contribution in [2.75, 3.05) is 45.8 Å². The lowest BCUT2D eigenvalue weighted by atomic mass is 9.97. The van der Waals surface area contributed by atoms with Crippen LogP contribution >= 0.6 is 0 Å². The number of nitrogens with two attached hydrogens (primary N) is 5. The number of unbranched alkanes of at least 4 members (excludes halogenated alkanes) is 1. The van der Waals surface area contributed by atoms with Gasteiger partial charge in [0.15, 0.2) is 0 Å². The highest BCUT2D eigenvalue weighted by molar-refractivity contribution is 6.02. The Labute approximate surface area is 303 Å². The molecule has 17 N–H and O–H groups in total. The third-order valence-electron chi connectivity index (χ3n) is 8.16. The Bertz CT molecular complexity index is 1260. The molecule has 1 aromatic rings. The average molecular weight is 739 g/mol. The Morgan fingerprint density at radius 3 is 2.00 bits per heavy atom. The van der Waals surface area contributed by atoms with Gasteiger partial charge >= 0.3 is 5.97 Å². The van der Waals surface area contributed by atoms with E-state index in [4.69, 9.17) is 28.7 Å². The van der Waals surface area contributed by atoms with Gasteiger partial charge in [-0.1, -0.05) is 30.3 Å². The number of carbonyl (C=O) groups is 6. The predicted molar refractivity (Wildman–Crippen MR) is 192 cm³/mol. The molecule has 0 unspecified atom stereocenters. The molecule has 0 fully saturated rings. The summed E-state index contributed by atoms with van der Waals surface area (Å²) in [6.07, 6.45) is -1.92. The molecule has 0 saturated heterocycles. The fourth-order valence-corrected chi connectivity index (χ4v) is 5.30. The second-order valence-electron chi connectivity index (χ2n) is 12.3. The number of benzene rings is 1. The molecule has 5 amide bonds. The van der Waals surface area contributed by atoms with Crippen LogP contribution in [0.1, 0.15) is 62.8 Å². The summed E-state index contributed by atoms with van der Waals surface area (Å²) in [5, 5.41) is 40.8. The van der Waals surface area contributed by atoms with Crippen LogP contribution in [0.2, 0.25) is 0 Å². The summed E-state index contributed by atoms with van der Waals surface area (Å²) in [6.45, 7) is 1.56. The molecule has 0 aliphatic rings. The number of carboxylic acids is 1. The number of amides is 5. The van der Waals surface area contributed by atoms with Gasteiger partial charge in [0.2, 0.25) is 23.6 Å². The number of nitrogens with zero attached hydrogens (tertiary/aromatic N) is 1. The maximum Gasteiger partial charge on any atom is 0.326 e. The molecule has 0 spiro atoms. The first kappa shape index (κ1) is 45.9. The molecule has 0 aliphatic carbocycles. The summed E-state index contributed by atoms with van der Waals surface area (Å²) in [5.74, 6) is -6.36. The molecule has 1 rings (SSSR count). The summed E-state index contributed by atoms with van der Waals surface area (Å²) >= 11 is 0. The van der Waals surface area contributed by atoms with Gasteiger partial charge in [0.1, 0.15) is 18.3 Å². The second kappa shape index (κ2) is 25.8. The zero-order valence-electron chi connectivity index (χ0n) is 29.6. The van der Waals surface area contributed by atoms with E-state index in [-0.39, 0.29) is 32.4 Å². The van der Waals surface area contributed by atoms with Gasteiger partial charge in [-0.25, -0.2) is 4.79 Å². The summed E-state index contributed by atoms with van der Waals surface area (Å²) in [7, 11) is 0. The van der Waals surface area contributed by atoms with Crippen molar-refractivity contribution in [3.05, 3.63) is 35.9 Å². The van der Waals surface area contributed by atoms with Crippen LogP contribution in [-0.2, 0) is 28.8 Å².